The van der Waals surface area contributed by atoms with Gasteiger partial charge in [0.25, 0.3) is 0 Å². The average molecular weight is 394 g/mol. The van der Waals surface area contributed by atoms with Crippen molar-refractivity contribution >= 4 is 0 Å². The van der Waals surface area contributed by atoms with E-state index in [0.717, 1.165) is 0 Å². The number of hydrogen-bond donors (Lipinski definition) is 0. The summed E-state index contributed by atoms with van der Waals surface area (Å²) in [5.41, 5.74) is -6.69. The molecule has 1 unspecified atom stereocenters. The second-order valence-electron chi connectivity index (χ2n) is 4.86. The first kappa shape index (κ1) is 23.0. The van der Waals surface area contributed by atoms with E-state index in [4.69, 9.17) is 0 Å². The molecule has 0 aromatic carbocycles. The molecule has 0 aromatic heterocycles. The SMILES string of the molecule is CCC(F)(F)C(F)(F)C(F)(F)C(C)(F)C(F)(F)C(F)(F)C(F)(F)F. The van der Waals surface area contributed by atoms with E-state index < -0.39 is 54.8 Å². The van der Waals surface area contributed by atoms with E-state index in [2.05, 4.69) is 0 Å². The molecule has 0 bridgehead atoms. The first-order valence-corrected chi connectivity index (χ1v) is 5.71. The zero-order chi connectivity index (χ0) is 20.2. The molecule has 1 atom stereocenters. The lowest BCUT2D eigenvalue weighted by Gasteiger charge is -2.44. The fraction of sp³-hybridized carbons (Fsp3) is 1.00. The first-order valence-electron chi connectivity index (χ1n) is 5.71. The van der Waals surface area contributed by atoms with E-state index in [1.807, 2.05) is 0 Å². The molecule has 0 N–H and O–H groups in total. The maximum atomic E-state index is 13.5. The Morgan fingerprint density at radius 3 is 1.04 bits per heavy atom. The quantitative estimate of drug-likeness (QED) is 0.495. The summed E-state index contributed by atoms with van der Waals surface area (Å²) < 4.78 is 179. The summed E-state index contributed by atoms with van der Waals surface area (Å²) in [4.78, 5) is 0. The van der Waals surface area contributed by atoms with Crippen LogP contribution in [0.25, 0.3) is 0 Å². The molecule has 0 saturated heterocycles. The lowest BCUT2D eigenvalue weighted by molar-refractivity contribution is -0.423. The van der Waals surface area contributed by atoms with Crippen LogP contribution in [0.3, 0.4) is 0 Å². The van der Waals surface area contributed by atoms with Gasteiger partial charge in [0, 0.05) is 6.42 Å². The molecule has 0 fully saturated rings. The highest BCUT2D eigenvalue weighted by Crippen LogP contribution is 2.61. The van der Waals surface area contributed by atoms with Crippen molar-refractivity contribution in [1.29, 1.82) is 0 Å². The molecule has 0 spiro atoms. The monoisotopic (exact) mass is 394 g/mol. The van der Waals surface area contributed by atoms with Gasteiger partial charge in [-0.3, -0.25) is 0 Å². The minimum absolute atomic E-state index is 0.141. The van der Waals surface area contributed by atoms with E-state index in [1.165, 1.54) is 0 Å². The van der Waals surface area contributed by atoms with Crippen LogP contribution in [-0.2, 0) is 0 Å². The zero-order valence-corrected chi connectivity index (χ0v) is 11.5. The van der Waals surface area contributed by atoms with Crippen molar-refractivity contribution in [3.8, 4) is 0 Å². The van der Waals surface area contributed by atoms with Gasteiger partial charge in [0.2, 0.25) is 5.67 Å². The highest BCUT2D eigenvalue weighted by atomic mass is 19.4. The molecule has 24 heavy (non-hydrogen) atoms. The van der Waals surface area contributed by atoms with E-state index in [0.29, 0.717) is 0 Å². The van der Waals surface area contributed by atoms with Gasteiger partial charge in [-0.15, -0.1) is 0 Å². The summed E-state index contributed by atoms with van der Waals surface area (Å²) >= 11 is 0. The van der Waals surface area contributed by atoms with Crippen molar-refractivity contribution in [2.75, 3.05) is 0 Å². The van der Waals surface area contributed by atoms with Gasteiger partial charge in [-0.25, -0.2) is 4.39 Å². The fourth-order valence-corrected chi connectivity index (χ4v) is 1.42. The highest BCUT2D eigenvalue weighted by Gasteiger charge is 2.90. The predicted molar refractivity (Wildman–Crippen MR) is 50.6 cm³/mol. The van der Waals surface area contributed by atoms with Crippen molar-refractivity contribution in [1.82, 2.24) is 0 Å². The van der Waals surface area contributed by atoms with Crippen molar-refractivity contribution in [2.45, 2.75) is 61.7 Å². The highest BCUT2D eigenvalue weighted by molar-refractivity contribution is 5.15. The van der Waals surface area contributed by atoms with Gasteiger partial charge in [0.1, 0.15) is 0 Å². The van der Waals surface area contributed by atoms with Crippen LogP contribution in [-0.4, -0.2) is 41.5 Å². The number of rotatable bonds is 6. The molecule has 0 heterocycles. The minimum atomic E-state index is -7.55. The van der Waals surface area contributed by atoms with Gasteiger partial charge in [0.15, 0.2) is 0 Å². The Hall–Kier alpha value is -0.980. The molecule has 0 rings (SSSR count). The largest absolute Gasteiger partial charge is 0.460 e. The van der Waals surface area contributed by atoms with Crippen molar-refractivity contribution in [2.24, 2.45) is 0 Å². The summed E-state index contributed by atoms with van der Waals surface area (Å²) in [5, 5.41) is 0. The summed E-state index contributed by atoms with van der Waals surface area (Å²) in [7, 11) is 0. The van der Waals surface area contributed by atoms with Gasteiger partial charge in [0.05, 0.1) is 0 Å². The van der Waals surface area contributed by atoms with Crippen molar-refractivity contribution in [3.63, 3.8) is 0 Å². The van der Waals surface area contributed by atoms with Crippen LogP contribution in [0.1, 0.15) is 20.3 Å². The van der Waals surface area contributed by atoms with Crippen LogP contribution in [0.5, 0.6) is 0 Å². The topological polar surface area (TPSA) is 0 Å². The van der Waals surface area contributed by atoms with E-state index >= 15 is 0 Å². The fourth-order valence-electron chi connectivity index (χ4n) is 1.42. The summed E-state index contributed by atoms with van der Waals surface area (Å²) in [6.07, 6.45) is -9.50. The average Bonchev–Trinajstić information content (AvgIpc) is 2.36. The Bertz CT molecular complexity index is 457. The van der Waals surface area contributed by atoms with E-state index in [1.54, 1.807) is 0 Å². The summed E-state index contributed by atoms with van der Waals surface area (Å²) in [6, 6.07) is 0. The molecule has 0 aliphatic rings. The van der Waals surface area contributed by atoms with Crippen LogP contribution in [0.2, 0.25) is 0 Å². The number of alkyl halides is 14. The Balaban J connectivity index is 6.42. The second kappa shape index (κ2) is 5.51. The molecular weight excluding hydrogens is 386 g/mol. The van der Waals surface area contributed by atoms with Crippen LogP contribution in [0, 0.1) is 0 Å². The van der Waals surface area contributed by atoms with Crippen LogP contribution in [0.15, 0.2) is 0 Å². The molecular formula is C10H8F14. The van der Waals surface area contributed by atoms with E-state index in [9.17, 15) is 61.5 Å². The van der Waals surface area contributed by atoms with Gasteiger partial charge in [-0.2, -0.15) is 57.1 Å². The zero-order valence-electron chi connectivity index (χ0n) is 11.5. The van der Waals surface area contributed by atoms with Gasteiger partial charge < -0.3 is 0 Å². The molecule has 0 aliphatic carbocycles. The van der Waals surface area contributed by atoms with Crippen LogP contribution < -0.4 is 0 Å². The third-order valence-corrected chi connectivity index (χ3v) is 3.23. The number of halogens is 14. The molecule has 14 heteroatoms. The molecule has 0 nitrogen and oxygen atoms in total. The Kier molecular flexibility index (Phi) is 5.29. The lowest BCUT2D eigenvalue weighted by atomic mass is 9.82. The maximum Gasteiger partial charge on any atom is 0.460 e. The van der Waals surface area contributed by atoms with Crippen LogP contribution in [0.4, 0.5) is 61.5 Å². The Morgan fingerprint density at radius 1 is 0.500 bits per heavy atom. The van der Waals surface area contributed by atoms with Gasteiger partial charge >= 0.3 is 35.8 Å². The molecule has 146 valence electrons. The summed E-state index contributed by atoms with van der Waals surface area (Å²) in [5.74, 6) is -35.2. The molecule has 0 aliphatic heterocycles. The standard InChI is InChI=1S/C10H8F14/c1-3-5(12,13)8(18,19)6(14,15)4(2,11)7(16,17)9(20,21)10(22,23)24/h3H2,1-2H3. The molecule has 0 amide bonds. The van der Waals surface area contributed by atoms with Crippen molar-refractivity contribution in [3.05, 3.63) is 0 Å². The molecule has 0 aromatic rings. The van der Waals surface area contributed by atoms with Gasteiger partial charge in [-0.05, 0) is 6.92 Å². The lowest BCUT2D eigenvalue weighted by Crippen LogP contribution is -2.73. The number of hydrogen-bond acceptors (Lipinski definition) is 0. The smallest absolute Gasteiger partial charge is 0.230 e. The first-order chi connectivity index (χ1) is 10.1. The van der Waals surface area contributed by atoms with Gasteiger partial charge in [-0.1, -0.05) is 6.92 Å². The molecule has 0 saturated carbocycles. The molecule has 0 radical (unpaired) electrons. The van der Waals surface area contributed by atoms with E-state index in [-0.39, 0.29) is 6.92 Å². The maximum absolute atomic E-state index is 13.5. The second-order valence-corrected chi connectivity index (χ2v) is 4.86. The Morgan fingerprint density at radius 2 is 0.792 bits per heavy atom. The summed E-state index contributed by atoms with van der Waals surface area (Å²) in [6.45, 7) is -1.30. The third kappa shape index (κ3) is 2.68. The van der Waals surface area contributed by atoms with Crippen LogP contribution >= 0.6 is 0 Å². The third-order valence-electron chi connectivity index (χ3n) is 3.23. The minimum Gasteiger partial charge on any atom is -0.230 e. The van der Waals surface area contributed by atoms with Crippen molar-refractivity contribution < 1.29 is 61.5 Å². The Labute approximate surface area is 124 Å². The normalized spacial score (nSPS) is 18.5. The predicted octanol–water partition coefficient (Wildman–Crippen LogP) is 5.86.